The first-order valence-electron chi connectivity index (χ1n) is 6.73. The molecule has 0 heterocycles. The van der Waals surface area contributed by atoms with Crippen molar-refractivity contribution in [2.24, 2.45) is 0 Å². The van der Waals surface area contributed by atoms with Gasteiger partial charge in [0.05, 0.1) is 0 Å². The number of anilines is 2. The van der Waals surface area contributed by atoms with E-state index in [9.17, 15) is 0 Å². The monoisotopic (exact) mass is 252 g/mol. The van der Waals surface area contributed by atoms with Crippen LogP contribution in [0, 0.1) is 0 Å². The lowest BCUT2D eigenvalue weighted by atomic mass is 10.2. The highest BCUT2D eigenvalue weighted by Crippen LogP contribution is 2.14. The van der Waals surface area contributed by atoms with Gasteiger partial charge in [0.1, 0.15) is 5.82 Å². The summed E-state index contributed by atoms with van der Waals surface area (Å²) in [7, 11) is 0. The van der Waals surface area contributed by atoms with Crippen molar-refractivity contribution < 1.29 is 0 Å². The van der Waals surface area contributed by atoms with E-state index in [1.165, 1.54) is 0 Å². The standard InChI is InChI=1S/C17H20N2/c1-2-3-14-17(18-15-10-6-4-7-11-15)19-16-12-8-5-9-13-16/h4-14,18-19H,2-3H2,1H3. The molecular formula is C17H20N2. The SMILES string of the molecule is CCCC=C(Nc1ccccc1)Nc1ccccc1. The number of hydrogen-bond donors (Lipinski definition) is 2. The summed E-state index contributed by atoms with van der Waals surface area (Å²) in [6, 6.07) is 20.4. The van der Waals surface area contributed by atoms with Crippen molar-refractivity contribution in [1.82, 2.24) is 0 Å². The second-order valence-corrected chi connectivity index (χ2v) is 4.39. The molecule has 0 radical (unpaired) electrons. The van der Waals surface area contributed by atoms with Crippen LogP contribution in [0.4, 0.5) is 11.4 Å². The lowest BCUT2D eigenvalue weighted by Crippen LogP contribution is -2.09. The maximum absolute atomic E-state index is 3.41. The Labute approximate surface area is 115 Å². The minimum Gasteiger partial charge on any atom is -0.342 e. The van der Waals surface area contributed by atoms with E-state index in [0.717, 1.165) is 30.0 Å². The van der Waals surface area contributed by atoms with Crippen molar-refractivity contribution in [3.05, 3.63) is 72.6 Å². The summed E-state index contributed by atoms with van der Waals surface area (Å²) in [4.78, 5) is 0. The molecule has 0 aromatic heterocycles. The number of allylic oxidation sites excluding steroid dienone is 1. The predicted molar refractivity (Wildman–Crippen MR) is 83.1 cm³/mol. The molecule has 0 aliphatic rings. The van der Waals surface area contributed by atoms with Crippen LogP contribution in [0.2, 0.25) is 0 Å². The average molecular weight is 252 g/mol. The number of benzene rings is 2. The molecule has 2 heteroatoms. The van der Waals surface area contributed by atoms with E-state index in [0.29, 0.717) is 0 Å². The Morgan fingerprint density at radius 1 is 0.842 bits per heavy atom. The van der Waals surface area contributed by atoms with Crippen LogP contribution in [0.5, 0.6) is 0 Å². The number of unbranched alkanes of at least 4 members (excludes halogenated alkanes) is 1. The zero-order valence-electron chi connectivity index (χ0n) is 11.3. The smallest absolute Gasteiger partial charge is 0.103 e. The maximum Gasteiger partial charge on any atom is 0.103 e. The Kier molecular flexibility index (Phi) is 5.06. The molecule has 2 aromatic carbocycles. The second-order valence-electron chi connectivity index (χ2n) is 4.39. The molecule has 2 rings (SSSR count). The molecule has 2 aromatic rings. The summed E-state index contributed by atoms with van der Waals surface area (Å²) in [6.45, 7) is 2.18. The van der Waals surface area contributed by atoms with Gasteiger partial charge in [0.2, 0.25) is 0 Å². The lowest BCUT2D eigenvalue weighted by Gasteiger charge is -2.14. The van der Waals surface area contributed by atoms with Crippen molar-refractivity contribution in [3.63, 3.8) is 0 Å². The molecule has 0 bridgehead atoms. The van der Waals surface area contributed by atoms with Gasteiger partial charge in [0.25, 0.3) is 0 Å². The van der Waals surface area contributed by atoms with Gasteiger partial charge in [0.15, 0.2) is 0 Å². The fourth-order valence-electron chi connectivity index (χ4n) is 1.78. The van der Waals surface area contributed by atoms with Crippen molar-refractivity contribution in [2.45, 2.75) is 19.8 Å². The lowest BCUT2D eigenvalue weighted by molar-refractivity contribution is 0.950. The quantitative estimate of drug-likeness (QED) is 0.767. The Hall–Kier alpha value is -2.22. The molecule has 0 unspecified atom stereocenters. The maximum atomic E-state index is 3.41. The van der Waals surface area contributed by atoms with Gasteiger partial charge in [-0.15, -0.1) is 0 Å². The van der Waals surface area contributed by atoms with E-state index in [1.807, 2.05) is 36.4 Å². The topological polar surface area (TPSA) is 24.1 Å². The molecule has 0 amide bonds. The molecule has 19 heavy (non-hydrogen) atoms. The molecular weight excluding hydrogens is 232 g/mol. The van der Waals surface area contributed by atoms with Crippen molar-refractivity contribution in [1.29, 1.82) is 0 Å². The summed E-state index contributed by atoms with van der Waals surface area (Å²) in [5.41, 5.74) is 2.18. The third-order valence-electron chi connectivity index (χ3n) is 2.74. The second kappa shape index (κ2) is 7.27. The van der Waals surface area contributed by atoms with E-state index < -0.39 is 0 Å². The number of rotatable bonds is 6. The highest BCUT2D eigenvalue weighted by atomic mass is 15.1. The molecule has 2 N–H and O–H groups in total. The van der Waals surface area contributed by atoms with E-state index >= 15 is 0 Å². The first kappa shape index (κ1) is 13.2. The fraction of sp³-hybridized carbons (Fsp3) is 0.176. The van der Waals surface area contributed by atoms with Crippen LogP contribution in [-0.4, -0.2) is 0 Å². The van der Waals surface area contributed by atoms with Crippen LogP contribution < -0.4 is 10.6 Å². The van der Waals surface area contributed by atoms with Crippen molar-refractivity contribution in [2.75, 3.05) is 10.6 Å². The Morgan fingerprint density at radius 3 is 1.74 bits per heavy atom. The van der Waals surface area contributed by atoms with Gasteiger partial charge < -0.3 is 10.6 Å². The summed E-state index contributed by atoms with van der Waals surface area (Å²) in [5, 5.41) is 6.82. The van der Waals surface area contributed by atoms with Crippen LogP contribution in [0.15, 0.2) is 72.6 Å². The Bertz CT molecular complexity index is 460. The summed E-state index contributed by atoms with van der Waals surface area (Å²) in [5.74, 6) is 1.03. The van der Waals surface area contributed by atoms with Crippen molar-refractivity contribution in [3.8, 4) is 0 Å². The van der Waals surface area contributed by atoms with Gasteiger partial charge in [-0.25, -0.2) is 0 Å². The van der Waals surface area contributed by atoms with Gasteiger partial charge >= 0.3 is 0 Å². The molecule has 0 saturated carbocycles. The number of para-hydroxylation sites is 2. The predicted octanol–water partition coefficient (Wildman–Crippen LogP) is 4.85. The largest absolute Gasteiger partial charge is 0.342 e. The van der Waals surface area contributed by atoms with Crippen LogP contribution in [0.1, 0.15) is 19.8 Å². The molecule has 2 nitrogen and oxygen atoms in total. The summed E-state index contributed by atoms with van der Waals surface area (Å²) < 4.78 is 0. The van der Waals surface area contributed by atoms with Gasteiger partial charge in [0, 0.05) is 11.4 Å². The van der Waals surface area contributed by atoms with Crippen molar-refractivity contribution >= 4 is 11.4 Å². The highest BCUT2D eigenvalue weighted by molar-refractivity contribution is 5.55. The van der Waals surface area contributed by atoms with Crippen LogP contribution in [-0.2, 0) is 0 Å². The minimum absolute atomic E-state index is 1.03. The molecule has 0 fully saturated rings. The van der Waals surface area contributed by atoms with E-state index in [2.05, 4.69) is 47.9 Å². The van der Waals surface area contributed by atoms with E-state index in [-0.39, 0.29) is 0 Å². The Morgan fingerprint density at radius 2 is 1.32 bits per heavy atom. The minimum atomic E-state index is 1.03. The molecule has 0 aliphatic heterocycles. The van der Waals surface area contributed by atoms with Gasteiger partial charge in [-0.1, -0.05) is 49.7 Å². The molecule has 0 atom stereocenters. The van der Waals surface area contributed by atoms with Crippen LogP contribution >= 0.6 is 0 Å². The molecule has 0 spiro atoms. The molecule has 0 aliphatic carbocycles. The third kappa shape index (κ3) is 4.51. The highest BCUT2D eigenvalue weighted by Gasteiger charge is 1.98. The average Bonchev–Trinajstić information content (AvgIpc) is 2.47. The normalized spacial score (nSPS) is 9.74. The fourth-order valence-corrected chi connectivity index (χ4v) is 1.78. The van der Waals surface area contributed by atoms with Gasteiger partial charge in [-0.3, -0.25) is 0 Å². The van der Waals surface area contributed by atoms with Gasteiger partial charge in [-0.05, 0) is 36.8 Å². The third-order valence-corrected chi connectivity index (χ3v) is 2.74. The molecule has 0 saturated heterocycles. The Balaban J connectivity index is 2.08. The first-order valence-corrected chi connectivity index (χ1v) is 6.73. The van der Waals surface area contributed by atoms with Crippen LogP contribution in [0.25, 0.3) is 0 Å². The molecule has 98 valence electrons. The van der Waals surface area contributed by atoms with Gasteiger partial charge in [-0.2, -0.15) is 0 Å². The zero-order chi connectivity index (χ0) is 13.3. The van der Waals surface area contributed by atoms with E-state index in [4.69, 9.17) is 0 Å². The number of hydrogen-bond acceptors (Lipinski definition) is 2. The first-order chi connectivity index (χ1) is 9.38. The number of nitrogens with one attached hydrogen (secondary N) is 2. The van der Waals surface area contributed by atoms with Crippen LogP contribution in [0.3, 0.4) is 0 Å². The zero-order valence-corrected chi connectivity index (χ0v) is 11.3. The van der Waals surface area contributed by atoms with E-state index in [1.54, 1.807) is 0 Å². The summed E-state index contributed by atoms with van der Waals surface area (Å²) in [6.07, 6.45) is 4.38. The summed E-state index contributed by atoms with van der Waals surface area (Å²) >= 11 is 0.